The summed E-state index contributed by atoms with van der Waals surface area (Å²) >= 11 is 0. The van der Waals surface area contributed by atoms with Crippen molar-refractivity contribution in [1.82, 2.24) is 39.2 Å². The fourth-order valence-electron chi connectivity index (χ4n) is 5.50. The molecule has 0 unspecified atom stereocenters. The summed E-state index contributed by atoms with van der Waals surface area (Å²) in [5.74, 6) is -5.90. The minimum absolute atomic E-state index is 0.100. The number of hydrogen-bond acceptors (Lipinski definition) is 10. The van der Waals surface area contributed by atoms with Crippen LogP contribution in [0.4, 0.5) is 17.6 Å². The van der Waals surface area contributed by atoms with E-state index < -0.39 is 35.2 Å². The number of carboxylic acids is 2. The van der Waals surface area contributed by atoms with E-state index in [9.17, 15) is 36.7 Å². The summed E-state index contributed by atoms with van der Waals surface area (Å²) in [5, 5.41) is 24.2. The van der Waals surface area contributed by atoms with E-state index in [-0.39, 0.29) is 11.8 Å². The summed E-state index contributed by atoms with van der Waals surface area (Å²) < 4.78 is 66.8. The fraction of sp³-hybridized carbons (Fsp3) is 0.368. The van der Waals surface area contributed by atoms with Gasteiger partial charge in [0.25, 0.3) is 0 Å². The first-order chi connectivity index (χ1) is 27.7. The molecular formula is C38H44F4N8O8. The van der Waals surface area contributed by atoms with Crippen molar-refractivity contribution in [1.29, 1.82) is 0 Å². The molecule has 0 atom stereocenters. The Morgan fingerprint density at radius 2 is 0.948 bits per heavy atom. The first-order valence-corrected chi connectivity index (χ1v) is 17.9. The van der Waals surface area contributed by atoms with Crippen LogP contribution < -0.4 is 0 Å². The second kappa shape index (κ2) is 22.1. The summed E-state index contributed by atoms with van der Waals surface area (Å²) in [6.45, 7) is 10.7. The number of carbonyl (C=O) groups excluding carboxylic acids is 2. The van der Waals surface area contributed by atoms with Gasteiger partial charge in [-0.15, -0.1) is 0 Å². The van der Waals surface area contributed by atoms with Gasteiger partial charge in [-0.05, 0) is 36.4 Å². The average molecular weight is 817 g/mol. The number of aromatic nitrogens is 4. The predicted molar refractivity (Wildman–Crippen MR) is 198 cm³/mol. The van der Waals surface area contributed by atoms with Crippen LogP contribution in [0.1, 0.15) is 25.2 Å². The molecular weight excluding hydrogens is 772 g/mol. The Morgan fingerprint density at radius 1 is 0.586 bits per heavy atom. The molecule has 20 heteroatoms. The molecule has 2 saturated heterocycles. The van der Waals surface area contributed by atoms with Gasteiger partial charge in [0.15, 0.2) is 23.3 Å². The zero-order valence-corrected chi connectivity index (χ0v) is 31.8. The highest BCUT2D eigenvalue weighted by Gasteiger charge is 2.19. The molecule has 58 heavy (non-hydrogen) atoms. The summed E-state index contributed by atoms with van der Waals surface area (Å²) in [6, 6.07) is 10.8. The molecule has 0 radical (unpaired) electrons. The van der Waals surface area contributed by atoms with Gasteiger partial charge in [-0.3, -0.25) is 19.4 Å². The molecule has 0 bridgehead atoms. The molecule has 2 aromatic heterocycles. The predicted octanol–water partition coefficient (Wildman–Crippen LogP) is 3.29. The summed E-state index contributed by atoms with van der Waals surface area (Å²) in [6.07, 6.45) is 4.47. The minimum Gasteiger partial charge on any atom is -0.478 e. The topological polar surface area (TPSA) is 176 Å². The lowest BCUT2D eigenvalue weighted by atomic mass is 10.3. The lowest BCUT2D eigenvalue weighted by Gasteiger charge is -2.33. The summed E-state index contributed by atoms with van der Waals surface area (Å²) in [7, 11) is 0. The largest absolute Gasteiger partial charge is 0.478 e. The maximum atomic E-state index is 13.3. The molecule has 6 rings (SSSR count). The standard InChI is InChI=1S/2C17H20F2N4O2.C4H4O4/c2*1-13(24)22-8-6-21(7-9-22)12-25-11-14-4-5-23(20-14)15-2-3-16(18)17(19)10-15;5-3(6)1-2-4(7)8/h2*2-5,10H,6-9,11-12H2,1H3;1-2H,(H,5,6)(H,7,8)/b;;2-1+. The molecule has 2 aromatic carbocycles. The van der Waals surface area contributed by atoms with E-state index in [0.29, 0.717) is 87.8 Å². The Morgan fingerprint density at radius 3 is 1.26 bits per heavy atom. The van der Waals surface area contributed by atoms with Crippen molar-refractivity contribution in [2.24, 2.45) is 0 Å². The molecule has 4 heterocycles. The smallest absolute Gasteiger partial charge is 0.328 e. The first kappa shape index (κ1) is 44.8. The Kier molecular flexibility index (Phi) is 17.1. The van der Waals surface area contributed by atoms with Crippen LogP contribution in [0.5, 0.6) is 0 Å². The Labute approximate surface area is 331 Å². The van der Waals surface area contributed by atoms with Crippen LogP contribution >= 0.6 is 0 Å². The molecule has 2 aliphatic heterocycles. The Hall–Kier alpha value is -5.96. The highest BCUT2D eigenvalue weighted by atomic mass is 19.2. The zero-order chi connectivity index (χ0) is 42.2. The Balaban J connectivity index is 0.000000217. The van der Waals surface area contributed by atoms with Crippen LogP contribution in [0.2, 0.25) is 0 Å². The number of rotatable bonds is 12. The maximum Gasteiger partial charge on any atom is 0.328 e. The minimum atomic E-state index is -1.26. The summed E-state index contributed by atoms with van der Waals surface area (Å²) in [4.78, 5) is 49.6. The third kappa shape index (κ3) is 14.5. The second-order valence-electron chi connectivity index (χ2n) is 12.9. The first-order valence-electron chi connectivity index (χ1n) is 17.9. The van der Waals surface area contributed by atoms with Crippen molar-refractivity contribution < 1.29 is 56.4 Å². The van der Waals surface area contributed by atoms with Crippen molar-refractivity contribution in [2.45, 2.75) is 27.1 Å². The third-order valence-electron chi connectivity index (χ3n) is 8.68. The van der Waals surface area contributed by atoms with Crippen LogP contribution in [0.15, 0.2) is 73.1 Å². The highest BCUT2D eigenvalue weighted by Crippen LogP contribution is 2.15. The molecule has 2 fully saturated rings. The van der Waals surface area contributed by atoms with Crippen molar-refractivity contribution in [3.05, 3.63) is 108 Å². The van der Waals surface area contributed by atoms with E-state index in [2.05, 4.69) is 20.0 Å². The highest BCUT2D eigenvalue weighted by molar-refractivity contribution is 5.89. The molecule has 2 amide bonds. The van der Waals surface area contributed by atoms with Crippen LogP contribution in [0, 0.1) is 23.3 Å². The van der Waals surface area contributed by atoms with Crippen LogP contribution in [-0.2, 0) is 41.9 Å². The number of piperazine rings is 2. The average Bonchev–Trinajstić information content (AvgIpc) is 3.88. The van der Waals surface area contributed by atoms with Gasteiger partial charge in [0.05, 0.1) is 49.4 Å². The number of aliphatic carboxylic acids is 2. The van der Waals surface area contributed by atoms with Gasteiger partial charge >= 0.3 is 11.9 Å². The van der Waals surface area contributed by atoms with E-state index in [4.69, 9.17) is 19.7 Å². The van der Waals surface area contributed by atoms with Gasteiger partial charge in [-0.1, -0.05) is 0 Å². The van der Waals surface area contributed by atoms with Gasteiger partial charge < -0.3 is 29.5 Å². The number of carboxylic acid groups (broad SMARTS) is 2. The van der Waals surface area contributed by atoms with Crippen LogP contribution in [0.3, 0.4) is 0 Å². The second-order valence-corrected chi connectivity index (χ2v) is 12.9. The number of halogens is 4. The zero-order valence-electron chi connectivity index (χ0n) is 31.8. The van der Waals surface area contributed by atoms with Gasteiger partial charge in [0.2, 0.25) is 11.8 Å². The van der Waals surface area contributed by atoms with E-state index >= 15 is 0 Å². The number of carbonyl (C=O) groups is 4. The molecule has 312 valence electrons. The maximum absolute atomic E-state index is 13.3. The van der Waals surface area contributed by atoms with E-state index in [1.54, 1.807) is 38.4 Å². The molecule has 0 aliphatic carbocycles. The van der Waals surface area contributed by atoms with Crippen molar-refractivity contribution in [3.63, 3.8) is 0 Å². The lowest BCUT2D eigenvalue weighted by molar-refractivity contribution is -0.134. The number of amides is 2. The monoisotopic (exact) mass is 816 g/mol. The normalized spacial score (nSPS) is 14.7. The number of nitrogens with zero attached hydrogens (tertiary/aromatic N) is 8. The van der Waals surface area contributed by atoms with Gasteiger partial charge in [-0.25, -0.2) is 36.5 Å². The van der Waals surface area contributed by atoms with E-state index in [0.717, 1.165) is 50.4 Å². The molecule has 2 aliphatic rings. The van der Waals surface area contributed by atoms with E-state index in [1.165, 1.54) is 21.5 Å². The number of benzene rings is 2. The number of ether oxygens (including phenoxy) is 2. The Bertz CT molecular complexity index is 1890. The third-order valence-corrected chi connectivity index (χ3v) is 8.68. The fourth-order valence-corrected chi connectivity index (χ4v) is 5.50. The molecule has 0 spiro atoms. The van der Waals surface area contributed by atoms with Crippen molar-refractivity contribution in [2.75, 3.05) is 65.8 Å². The quantitative estimate of drug-likeness (QED) is 0.158. The molecule has 2 N–H and O–H groups in total. The van der Waals surface area contributed by atoms with Crippen LogP contribution in [0.25, 0.3) is 11.4 Å². The van der Waals surface area contributed by atoms with Gasteiger partial charge in [0.1, 0.15) is 0 Å². The molecule has 4 aromatic rings. The van der Waals surface area contributed by atoms with Gasteiger partial charge in [-0.2, -0.15) is 10.2 Å². The molecule has 0 saturated carbocycles. The van der Waals surface area contributed by atoms with Gasteiger partial charge in [0, 0.05) is 103 Å². The van der Waals surface area contributed by atoms with E-state index in [1.807, 2.05) is 9.80 Å². The molecule has 16 nitrogen and oxygen atoms in total. The SMILES string of the molecule is CC(=O)N1CCN(COCc2ccn(-c3ccc(F)c(F)c3)n2)CC1.CC(=O)N1CCN(COCc2ccn(-c3ccc(F)c(F)c3)n2)CC1.O=C(O)/C=C/C(=O)O. The summed E-state index contributed by atoms with van der Waals surface area (Å²) in [5.41, 5.74) is 2.30. The van der Waals surface area contributed by atoms with Crippen molar-refractivity contribution in [3.8, 4) is 11.4 Å². The van der Waals surface area contributed by atoms with Crippen LogP contribution in [-0.4, -0.2) is 139 Å². The number of hydrogen-bond donors (Lipinski definition) is 2. The van der Waals surface area contributed by atoms with Crippen molar-refractivity contribution >= 4 is 23.8 Å². The lowest BCUT2D eigenvalue weighted by Crippen LogP contribution is -2.48.